The number of hydrogen-bond donors (Lipinski definition) is 1. The monoisotopic (exact) mass is 377 g/mol. The van der Waals surface area contributed by atoms with Crippen LogP contribution in [0.5, 0.6) is 0 Å². The van der Waals surface area contributed by atoms with Gasteiger partial charge in [0.25, 0.3) is 0 Å². The number of amides is 3. The van der Waals surface area contributed by atoms with Gasteiger partial charge >= 0.3 is 0 Å². The molecule has 26 heavy (non-hydrogen) atoms. The summed E-state index contributed by atoms with van der Waals surface area (Å²) in [7, 11) is 0. The van der Waals surface area contributed by atoms with E-state index in [0.29, 0.717) is 24.5 Å². The van der Waals surface area contributed by atoms with Gasteiger partial charge < -0.3 is 9.80 Å². The molecule has 7 heteroatoms. The van der Waals surface area contributed by atoms with E-state index < -0.39 is 5.41 Å². The summed E-state index contributed by atoms with van der Waals surface area (Å²) in [6, 6.07) is 7.92. The average Bonchev–Trinajstić information content (AvgIpc) is 2.86. The van der Waals surface area contributed by atoms with E-state index in [1.54, 1.807) is 6.92 Å². The second-order valence-corrected chi connectivity index (χ2v) is 7.91. The van der Waals surface area contributed by atoms with Crippen molar-refractivity contribution in [2.24, 2.45) is 5.41 Å². The first-order valence-corrected chi connectivity index (χ1v) is 9.30. The van der Waals surface area contributed by atoms with Crippen molar-refractivity contribution in [1.29, 1.82) is 0 Å². The highest BCUT2D eigenvalue weighted by atomic mass is 35.5. The number of hydrogen-bond acceptors (Lipinski definition) is 4. The van der Waals surface area contributed by atoms with Crippen LogP contribution in [0, 0.1) is 5.41 Å². The van der Waals surface area contributed by atoms with Gasteiger partial charge in [-0.25, -0.2) is 0 Å². The Morgan fingerprint density at radius 1 is 1.27 bits per heavy atom. The molecule has 0 aromatic heterocycles. The predicted molar refractivity (Wildman–Crippen MR) is 99.9 cm³/mol. The van der Waals surface area contributed by atoms with E-state index in [1.807, 2.05) is 29.2 Å². The van der Waals surface area contributed by atoms with Crippen molar-refractivity contribution in [3.63, 3.8) is 0 Å². The number of piperazine rings is 1. The number of benzene rings is 1. The third-order valence-electron chi connectivity index (χ3n) is 5.38. The van der Waals surface area contributed by atoms with Crippen LogP contribution in [0.15, 0.2) is 24.3 Å². The second-order valence-electron chi connectivity index (χ2n) is 7.47. The maximum atomic E-state index is 12.6. The van der Waals surface area contributed by atoms with Gasteiger partial charge in [0.15, 0.2) is 0 Å². The molecule has 2 fully saturated rings. The smallest absolute Gasteiger partial charge is 0.233 e. The predicted octanol–water partition coefficient (Wildman–Crippen LogP) is 2.21. The average molecular weight is 378 g/mol. The van der Waals surface area contributed by atoms with Gasteiger partial charge in [0, 0.05) is 49.2 Å². The van der Waals surface area contributed by atoms with Gasteiger partial charge in [0.2, 0.25) is 17.7 Å². The molecule has 0 radical (unpaired) electrons. The number of imide groups is 1. The van der Waals surface area contributed by atoms with Crippen molar-refractivity contribution in [2.45, 2.75) is 39.2 Å². The third-order valence-corrected chi connectivity index (χ3v) is 5.63. The highest BCUT2D eigenvalue weighted by Crippen LogP contribution is 2.32. The Labute approximate surface area is 158 Å². The first-order valence-electron chi connectivity index (χ1n) is 8.93. The van der Waals surface area contributed by atoms with Crippen LogP contribution < -0.4 is 10.2 Å². The largest absolute Gasteiger partial charge is 0.365 e. The van der Waals surface area contributed by atoms with Crippen LogP contribution in [0.4, 0.5) is 5.69 Å². The Bertz CT molecular complexity index is 721. The highest BCUT2D eigenvalue weighted by Gasteiger charge is 2.42. The topological polar surface area (TPSA) is 69.7 Å². The summed E-state index contributed by atoms with van der Waals surface area (Å²) in [4.78, 5) is 40.0. The Morgan fingerprint density at radius 2 is 1.96 bits per heavy atom. The Kier molecular flexibility index (Phi) is 5.23. The third kappa shape index (κ3) is 3.85. The minimum absolute atomic E-state index is 0.0426. The maximum absolute atomic E-state index is 12.6. The lowest BCUT2D eigenvalue weighted by atomic mass is 9.83. The molecule has 2 aliphatic heterocycles. The van der Waals surface area contributed by atoms with Crippen molar-refractivity contribution >= 4 is 35.0 Å². The number of rotatable bonds is 4. The quantitative estimate of drug-likeness (QED) is 0.817. The van der Waals surface area contributed by atoms with E-state index in [-0.39, 0.29) is 36.6 Å². The summed E-state index contributed by atoms with van der Waals surface area (Å²) in [5.74, 6) is -0.479. The van der Waals surface area contributed by atoms with E-state index in [2.05, 4.69) is 17.1 Å². The first kappa shape index (κ1) is 18.7. The minimum Gasteiger partial charge on any atom is -0.365 e. The molecule has 1 unspecified atom stereocenters. The molecule has 0 spiro atoms. The minimum atomic E-state index is -0.760. The molecule has 140 valence electrons. The number of carbonyl (C=O) groups is 3. The second kappa shape index (κ2) is 7.27. The molecule has 1 aromatic carbocycles. The summed E-state index contributed by atoms with van der Waals surface area (Å²) >= 11 is 5.95. The lowest BCUT2D eigenvalue weighted by Crippen LogP contribution is -2.53. The van der Waals surface area contributed by atoms with Crippen molar-refractivity contribution in [3.05, 3.63) is 29.3 Å². The zero-order valence-corrected chi connectivity index (χ0v) is 15.9. The summed E-state index contributed by atoms with van der Waals surface area (Å²) in [6.07, 6.45) is 0.847. The van der Waals surface area contributed by atoms with Crippen LogP contribution in [-0.2, 0) is 14.4 Å². The first-order chi connectivity index (χ1) is 12.3. The normalized spacial score (nSPS) is 26.2. The van der Waals surface area contributed by atoms with E-state index in [0.717, 1.165) is 12.2 Å². The lowest BCUT2D eigenvalue weighted by Gasteiger charge is -2.41. The van der Waals surface area contributed by atoms with Crippen LogP contribution in [0.1, 0.15) is 33.1 Å². The fourth-order valence-corrected chi connectivity index (χ4v) is 3.83. The zero-order chi connectivity index (χ0) is 18.9. The molecule has 0 saturated carbocycles. The molecule has 2 heterocycles. The van der Waals surface area contributed by atoms with Gasteiger partial charge in [-0.15, -0.1) is 0 Å². The van der Waals surface area contributed by atoms with Crippen LogP contribution in [0.3, 0.4) is 0 Å². The molecule has 1 N–H and O–H groups in total. The van der Waals surface area contributed by atoms with Gasteiger partial charge in [0.1, 0.15) is 0 Å². The fraction of sp³-hybridized carbons (Fsp3) is 0.526. The molecule has 3 rings (SSSR count). The molecule has 2 atom stereocenters. The van der Waals surface area contributed by atoms with Crippen LogP contribution in [0.25, 0.3) is 0 Å². The van der Waals surface area contributed by atoms with Gasteiger partial charge in [-0.05, 0) is 37.6 Å². The molecule has 0 aliphatic carbocycles. The molecular formula is C19H24ClN3O3. The number of halogens is 1. The molecule has 2 aliphatic rings. The standard InChI is InChI=1S/C19H24ClN3O3/c1-13-12-22(9-10-23(13)15-5-3-14(20)4-6-15)17(25)7-8-19(2)11-16(24)21-18(19)26/h3-6,13H,7-12H2,1-2H3,(H,21,24,26)/t13-,19?/m0/s1. The number of anilines is 1. The number of nitrogens with zero attached hydrogens (tertiary/aromatic N) is 2. The van der Waals surface area contributed by atoms with E-state index >= 15 is 0 Å². The zero-order valence-electron chi connectivity index (χ0n) is 15.1. The van der Waals surface area contributed by atoms with Gasteiger partial charge in [0.05, 0.1) is 5.41 Å². The molecule has 6 nitrogen and oxygen atoms in total. The van der Waals surface area contributed by atoms with Gasteiger partial charge in [-0.1, -0.05) is 18.5 Å². The van der Waals surface area contributed by atoms with Gasteiger partial charge in [-0.2, -0.15) is 0 Å². The van der Waals surface area contributed by atoms with E-state index in [9.17, 15) is 14.4 Å². The van der Waals surface area contributed by atoms with Crippen molar-refractivity contribution in [1.82, 2.24) is 10.2 Å². The lowest BCUT2D eigenvalue weighted by molar-refractivity contribution is -0.133. The van der Waals surface area contributed by atoms with Crippen molar-refractivity contribution in [2.75, 3.05) is 24.5 Å². The Morgan fingerprint density at radius 3 is 2.54 bits per heavy atom. The summed E-state index contributed by atoms with van der Waals surface area (Å²) in [6.45, 7) is 5.89. The maximum Gasteiger partial charge on any atom is 0.233 e. The van der Waals surface area contributed by atoms with Crippen LogP contribution >= 0.6 is 11.6 Å². The van der Waals surface area contributed by atoms with E-state index in [1.165, 1.54) is 0 Å². The van der Waals surface area contributed by atoms with Crippen LogP contribution in [0.2, 0.25) is 5.02 Å². The molecule has 1 aromatic rings. The number of nitrogens with one attached hydrogen (secondary N) is 1. The molecule has 3 amide bonds. The SMILES string of the molecule is C[C@H]1CN(C(=O)CCC2(C)CC(=O)NC2=O)CCN1c1ccc(Cl)cc1. The highest BCUT2D eigenvalue weighted by molar-refractivity contribution is 6.30. The number of carbonyl (C=O) groups excluding carboxylic acids is 3. The van der Waals surface area contributed by atoms with Gasteiger partial charge in [-0.3, -0.25) is 19.7 Å². The summed E-state index contributed by atoms with van der Waals surface area (Å²) in [5, 5.41) is 3.03. The van der Waals surface area contributed by atoms with Crippen molar-refractivity contribution in [3.8, 4) is 0 Å². The Hall–Kier alpha value is -2.08. The summed E-state index contributed by atoms with van der Waals surface area (Å²) < 4.78 is 0. The molecule has 2 saturated heterocycles. The van der Waals surface area contributed by atoms with E-state index in [4.69, 9.17) is 11.6 Å². The molecule has 0 bridgehead atoms. The fourth-order valence-electron chi connectivity index (χ4n) is 3.70. The Balaban J connectivity index is 1.55. The van der Waals surface area contributed by atoms with Crippen molar-refractivity contribution < 1.29 is 14.4 Å². The van der Waals surface area contributed by atoms with Crippen LogP contribution in [-0.4, -0.2) is 48.3 Å². The molecular weight excluding hydrogens is 354 g/mol. The summed E-state index contributed by atoms with van der Waals surface area (Å²) in [5.41, 5.74) is 0.339.